The first-order valence-corrected chi connectivity index (χ1v) is 8.92. The molecule has 0 saturated carbocycles. The quantitative estimate of drug-likeness (QED) is 0.538. The second-order valence-electron chi connectivity index (χ2n) is 5.90. The molecule has 1 atom stereocenters. The Labute approximate surface area is 169 Å². The Morgan fingerprint density at radius 1 is 1.11 bits per heavy atom. The van der Waals surface area contributed by atoms with Crippen LogP contribution < -0.4 is 14.8 Å². The van der Waals surface area contributed by atoms with Crippen LogP contribution >= 0.6 is 11.6 Å². The van der Waals surface area contributed by atoms with Crippen LogP contribution in [0, 0.1) is 0 Å². The van der Waals surface area contributed by atoms with Crippen molar-refractivity contribution >= 4 is 29.6 Å². The van der Waals surface area contributed by atoms with Gasteiger partial charge in [0.2, 0.25) is 5.91 Å². The molecule has 0 unspecified atom stereocenters. The standard InChI is InChI=1S/C21H22ClNO5/c1-14(21(25)28-13-16-12-17(22)7-10-19(16)27-3)23-20(24)11-6-15-4-8-18(26-2)9-5-15/h4-12,14H,13H2,1-3H3,(H,23,24)/b11-6+/t14-/m0/s1. The summed E-state index contributed by atoms with van der Waals surface area (Å²) in [5, 5.41) is 3.08. The maximum Gasteiger partial charge on any atom is 0.328 e. The fraction of sp³-hybridized carbons (Fsp3) is 0.238. The molecular formula is C21H22ClNO5. The molecule has 0 aromatic heterocycles. The van der Waals surface area contributed by atoms with Gasteiger partial charge in [-0.15, -0.1) is 0 Å². The number of esters is 1. The van der Waals surface area contributed by atoms with Gasteiger partial charge in [-0.2, -0.15) is 0 Å². The summed E-state index contributed by atoms with van der Waals surface area (Å²) in [6.45, 7) is 1.54. The number of rotatable bonds is 8. The number of nitrogens with one attached hydrogen (secondary N) is 1. The van der Waals surface area contributed by atoms with Crippen LogP contribution in [0.1, 0.15) is 18.1 Å². The predicted octanol–water partition coefficient (Wildman–Crippen LogP) is 3.62. The molecule has 0 spiro atoms. The van der Waals surface area contributed by atoms with E-state index in [0.717, 1.165) is 11.3 Å². The average molecular weight is 404 g/mol. The molecule has 148 valence electrons. The summed E-state index contributed by atoms with van der Waals surface area (Å²) in [4.78, 5) is 24.1. The van der Waals surface area contributed by atoms with E-state index in [-0.39, 0.29) is 6.61 Å². The van der Waals surface area contributed by atoms with E-state index in [4.69, 9.17) is 25.8 Å². The van der Waals surface area contributed by atoms with E-state index in [1.54, 1.807) is 50.4 Å². The Morgan fingerprint density at radius 2 is 1.82 bits per heavy atom. The minimum atomic E-state index is -0.807. The van der Waals surface area contributed by atoms with Crippen LogP contribution in [0.2, 0.25) is 5.02 Å². The van der Waals surface area contributed by atoms with Crippen molar-refractivity contribution in [2.45, 2.75) is 19.6 Å². The van der Waals surface area contributed by atoms with Crippen LogP contribution in [-0.4, -0.2) is 32.1 Å². The minimum absolute atomic E-state index is 0.00946. The molecule has 0 fully saturated rings. The molecule has 0 bridgehead atoms. The molecular weight excluding hydrogens is 382 g/mol. The van der Waals surface area contributed by atoms with Crippen molar-refractivity contribution in [2.75, 3.05) is 14.2 Å². The summed E-state index contributed by atoms with van der Waals surface area (Å²) in [5.74, 6) is 0.333. The second kappa shape index (κ2) is 10.4. The molecule has 0 saturated heterocycles. The van der Waals surface area contributed by atoms with Gasteiger partial charge in [0, 0.05) is 16.7 Å². The van der Waals surface area contributed by atoms with Crippen molar-refractivity contribution in [3.05, 3.63) is 64.7 Å². The van der Waals surface area contributed by atoms with Crippen LogP contribution in [0.3, 0.4) is 0 Å². The SMILES string of the molecule is COc1ccc(/C=C/C(=O)N[C@@H](C)C(=O)OCc2cc(Cl)ccc2OC)cc1. The van der Waals surface area contributed by atoms with Gasteiger partial charge in [0.05, 0.1) is 14.2 Å². The maximum atomic E-state index is 12.1. The van der Waals surface area contributed by atoms with Crippen LogP contribution in [0.15, 0.2) is 48.5 Å². The van der Waals surface area contributed by atoms with Crippen LogP contribution in [0.4, 0.5) is 0 Å². The number of ether oxygens (including phenoxy) is 3. The van der Waals surface area contributed by atoms with Gasteiger partial charge in [0.15, 0.2) is 0 Å². The van der Waals surface area contributed by atoms with Gasteiger partial charge in [-0.3, -0.25) is 4.79 Å². The van der Waals surface area contributed by atoms with Crippen molar-refractivity contribution in [2.24, 2.45) is 0 Å². The summed E-state index contributed by atoms with van der Waals surface area (Å²) in [6.07, 6.45) is 3.00. The summed E-state index contributed by atoms with van der Waals surface area (Å²) < 4.78 is 15.5. The number of halogens is 1. The molecule has 0 aliphatic rings. The summed E-state index contributed by atoms with van der Waals surface area (Å²) in [7, 11) is 3.10. The lowest BCUT2D eigenvalue weighted by Gasteiger charge is -2.14. The second-order valence-corrected chi connectivity index (χ2v) is 6.34. The zero-order valence-corrected chi connectivity index (χ0v) is 16.7. The fourth-order valence-electron chi connectivity index (χ4n) is 2.34. The van der Waals surface area contributed by atoms with E-state index >= 15 is 0 Å². The summed E-state index contributed by atoms with van der Waals surface area (Å²) in [5.41, 5.74) is 1.47. The third kappa shape index (κ3) is 6.32. The molecule has 2 aromatic carbocycles. The van der Waals surface area contributed by atoms with E-state index in [1.807, 2.05) is 12.1 Å². The molecule has 0 heterocycles. The monoisotopic (exact) mass is 403 g/mol. The summed E-state index contributed by atoms with van der Waals surface area (Å²) >= 11 is 5.96. The van der Waals surface area contributed by atoms with Crippen LogP contribution in [0.5, 0.6) is 11.5 Å². The van der Waals surface area contributed by atoms with Crippen molar-refractivity contribution in [1.82, 2.24) is 5.32 Å². The van der Waals surface area contributed by atoms with Gasteiger partial charge in [-0.05, 0) is 48.9 Å². The first-order valence-electron chi connectivity index (χ1n) is 8.54. The Hall–Kier alpha value is -2.99. The van der Waals surface area contributed by atoms with Gasteiger partial charge in [0.1, 0.15) is 24.1 Å². The van der Waals surface area contributed by atoms with Gasteiger partial charge in [-0.25, -0.2) is 4.79 Å². The Bertz CT molecular complexity index is 848. The third-order valence-corrected chi connectivity index (χ3v) is 4.10. The normalized spacial score (nSPS) is 11.7. The third-order valence-electron chi connectivity index (χ3n) is 3.87. The lowest BCUT2D eigenvalue weighted by molar-refractivity contribution is -0.148. The molecule has 2 rings (SSSR count). The van der Waals surface area contributed by atoms with Crippen LogP contribution in [0.25, 0.3) is 6.08 Å². The van der Waals surface area contributed by atoms with E-state index in [2.05, 4.69) is 5.32 Å². The molecule has 0 aliphatic heterocycles. The van der Waals surface area contributed by atoms with Gasteiger partial charge in [0.25, 0.3) is 0 Å². The number of hydrogen-bond donors (Lipinski definition) is 1. The lowest BCUT2D eigenvalue weighted by Crippen LogP contribution is -2.38. The van der Waals surface area contributed by atoms with Gasteiger partial charge < -0.3 is 19.5 Å². The maximum absolute atomic E-state index is 12.1. The number of amides is 1. The topological polar surface area (TPSA) is 73.9 Å². The molecule has 0 radical (unpaired) electrons. The molecule has 7 heteroatoms. The van der Waals surface area contributed by atoms with Crippen molar-refractivity contribution < 1.29 is 23.8 Å². The molecule has 0 aliphatic carbocycles. The smallest absolute Gasteiger partial charge is 0.328 e. The lowest BCUT2D eigenvalue weighted by atomic mass is 10.2. The summed E-state index contributed by atoms with van der Waals surface area (Å²) in [6, 6.07) is 11.5. The highest BCUT2D eigenvalue weighted by atomic mass is 35.5. The zero-order chi connectivity index (χ0) is 20.5. The molecule has 28 heavy (non-hydrogen) atoms. The Kier molecular flexibility index (Phi) is 7.89. The van der Waals surface area contributed by atoms with Crippen molar-refractivity contribution in [1.29, 1.82) is 0 Å². The van der Waals surface area contributed by atoms with Gasteiger partial charge in [-0.1, -0.05) is 23.7 Å². The molecule has 2 aromatic rings. The van der Waals surface area contributed by atoms with E-state index in [1.165, 1.54) is 13.2 Å². The first kappa shape index (κ1) is 21.3. The fourth-order valence-corrected chi connectivity index (χ4v) is 2.54. The highest BCUT2D eigenvalue weighted by Crippen LogP contribution is 2.23. The molecule has 6 nitrogen and oxygen atoms in total. The number of benzene rings is 2. The highest BCUT2D eigenvalue weighted by molar-refractivity contribution is 6.30. The van der Waals surface area contributed by atoms with E-state index in [0.29, 0.717) is 16.3 Å². The van der Waals surface area contributed by atoms with Crippen molar-refractivity contribution in [3.8, 4) is 11.5 Å². The first-order chi connectivity index (χ1) is 13.4. The zero-order valence-electron chi connectivity index (χ0n) is 15.9. The number of hydrogen-bond acceptors (Lipinski definition) is 5. The number of methoxy groups -OCH3 is 2. The predicted molar refractivity (Wildman–Crippen MR) is 107 cm³/mol. The number of carbonyl (C=O) groups excluding carboxylic acids is 2. The van der Waals surface area contributed by atoms with E-state index < -0.39 is 17.9 Å². The largest absolute Gasteiger partial charge is 0.497 e. The highest BCUT2D eigenvalue weighted by Gasteiger charge is 2.17. The Morgan fingerprint density at radius 3 is 2.46 bits per heavy atom. The molecule has 1 amide bonds. The van der Waals surface area contributed by atoms with Crippen LogP contribution in [-0.2, 0) is 20.9 Å². The number of carbonyl (C=O) groups is 2. The average Bonchev–Trinajstić information content (AvgIpc) is 2.70. The van der Waals surface area contributed by atoms with E-state index in [9.17, 15) is 9.59 Å². The Balaban J connectivity index is 1.86. The molecule has 1 N–H and O–H groups in total. The minimum Gasteiger partial charge on any atom is -0.497 e. The van der Waals surface area contributed by atoms with Crippen molar-refractivity contribution in [3.63, 3.8) is 0 Å². The van der Waals surface area contributed by atoms with Gasteiger partial charge >= 0.3 is 5.97 Å².